The van der Waals surface area contributed by atoms with E-state index in [2.05, 4.69) is 10.3 Å². The zero-order valence-corrected chi connectivity index (χ0v) is 10.8. The number of hydrogen-bond donors (Lipinski definition) is 2. The first kappa shape index (κ1) is 13.0. The van der Waals surface area contributed by atoms with Crippen molar-refractivity contribution in [3.63, 3.8) is 0 Å². The highest BCUT2D eigenvalue weighted by Gasteiger charge is 2.31. The first-order chi connectivity index (χ1) is 8.64. The van der Waals surface area contributed by atoms with E-state index in [0.29, 0.717) is 12.1 Å². The summed E-state index contributed by atoms with van der Waals surface area (Å²) in [6.07, 6.45) is 7.77. The van der Waals surface area contributed by atoms with Crippen molar-refractivity contribution in [1.29, 1.82) is 0 Å². The van der Waals surface area contributed by atoms with Crippen LogP contribution in [0.25, 0.3) is 0 Å². The molecule has 0 atom stereocenters. The van der Waals surface area contributed by atoms with Crippen molar-refractivity contribution < 1.29 is 9.90 Å². The predicted octanol–water partition coefficient (Wildman–Crippen LogP) is 1.68. The van der Waals surface area contributed by atoms with Crippen molar-refractivity contribution in [2.45, 2.75) is 44.6 Å². The molecule has 18 heavy (non-hydrogen) atoms. The third-order valence-electron chi connectivity index (χ3n) is 3.64. The number of nitrogens with zero attached hydrogens (tertiary/aromatic N) is 1. The van der Waals surface area contributed by atoms with Gasteiger partial charge in [0.25, 0.3) is 5.91 Å². The lowest BCUT2D eigenvalue weighted by Gasteiger charge is -2.22. The second-order valence-electron chi connectivity index (χ2n) is 5.00. The Morgan fingerprint density at radius 2 is 2.22 bits per heavy atom. The molecule has 98 valence electrons. The van der Waals surface area contributed by atoms with E-state index in [1.807, 2.05) is 6.92 Å². The Morgan fingerprint density at radius 3 is 2.89 bits per heavy atom. The molecule has 1 saturated carbocycles. The summed E-state index contributed by atoms with van der Waals surface area (Å²) in [6.45, 7) is 2.34. The maximum atomic E-state index is 12.1. The van der Waals surface area contributed by atoms with Gasteiger partial charge in [0.05, 0.1) is 5.60 Å². The van der Waals surface area contributed by atoms with Gasteiger partial charge in [-0.05, 0) is 30.9 Å². The number of aryl methyl sites for hydroxylation is 1. The Bertz CT molecular complexity index is 426. The van der Waals surface area contributed by atoms with Crippen LogP contribution in [0.3, 0.4) is 0 Å². The van der Waals surface area contributed by atoms with Gasteiger partial charge in [-0.25, -0.2) is 0 Å². The Hall–Kier alpha value is -1.42. The molecule has 0 bridgehead atoms. The predicted molar refractivity (Wildman–Crippen MR) is 69.4 cm³/mol. The molecule has 2 rings (SSSR count). The molecule has 1 fully saturated rings. The molecule has 1 amide bonds. The molecule has 0 unspecified atom stereocenters. The molecule has 2 N–H and O–H groups in total. The van der Waals surface area contributed by atoms with Crippen LogP contribution in [-0.4, -0.2) is 28.1 Å². The van der Waals surface area contributed by atoms with Crippen LogP contribution >= 0.6 is 0 Å². The molecule has 0 saturated heterocycles. The maximum Gasteiger partial charge on any atom is 0.251 e. The number of nitrogens with one attached hydrogen (secondary N) is 1. The third-order valence-corrected chi connectivity index (χ3v) is 3.64. The van der Waals surface area contributed by atoms with E-state index in [4.69, 9.17) is 0 Å². The smallest absolute Gasteiger partial charge is 0.251 e. The first-order valence-electron chi connectivity index (χ1n) is 6.58. The molecule has 0 radical (unpaired) electrons. The van der Waals surface area contributed by atoms with E-state index in [9.17, 15) is 9.90 Å². The van der Waals surface area contributed by atoms with Crippen molar-refractivity contribution in [2.75, 3.05) is 6.54 Å². The van der Waals surface area contributed by atoms with Crippen LogP contribution in [0.5, 0.6) is 0 Å². The fourth-order valence-corrected chi connectivity index (χ4v) is 2.48. The molecule has 4 nitrogen and oxygen atoms in total. The lowest BCUT2D eigenvalue weighted by molar-refractivity contribution is 0.0449. The van der Waals surface area contributed by atoms with Crippen LogP contribution in [-0.2, 0) is 6.42 Å². The number of aromatic nitrogens is 1. The summed E-state index contributed by atoms with van der Waals surface area (Å²) >= 11 is 0. The molecule has 1 aromatic heterocycles. The molecule has 0 aromatic carbocycles. The van der Waals surface area contributed by atoms with Gasteiger partial charge in [0.1, 0.15) is 0 Å². The van der Waals surface area contributed by atoms with E-state index >= 15 is 0 Å². The minimum absolute atomic E-state index is 0.116. The van der Waals surface area contributed by atoms with Crippen molar-refractivity contribution >= 4 is 5.91 Å². The van der Waals surface area contributed by atoms with Crippen molar-refractivity contribution in [3.8, 4) is 0 Å². The summed E-state index contributed by atoms with van der Waals surface area (Å²) in [6, 6.07) is 1.73. The Labute approximate surface area is 107 Å². The fourth-order valence-electron chi connectivity index (χ4n) is 2.48. The monoisotopic (exact) mass is 248 g/mol. The highest BCUT2D eigenvalue weighted by atomic mass is 16.3. The van der Waals surface area contributed by atoms with Crippen LogP contribution < -0.4 is 5.32 Å². The van der Waals surface area contributed by atoms with Crippen molar-refractivity contribution in [2.24, 2.45) is 0 Å². The summed E-state index contributed by atoms with van der Waals surface area (Å²) in [7, 11) is 0. The molecule has 4 heteroatoms. The van der Waals surface area contributed by atoms with Crippen LogP contribution in [0, 0.1) is 0 Å². The van der Waals surface area contributed by atoms with Crippen LogP contribution in [0.2, 0.25) is 0 Å². The van der Waals surface area contributed by atoms with E-state index in [0.717, 1.165) is 37.7 Å². The van der Waals surface area contributed by atoms with Gasteiger partial charge in [-0.15, -0.1) is 0 Å². The normalized spacial score (nSPS) is 17.7. The maximum absolute atomic E-state index is 12.1. The van der Waals surface area contributed by atoms with Crippen LogP contribution in [0.4, 0.5) is 0 Å². The average molecular weight is 248 g/mol. The molecule has 0 aliphatic heterocycles. The molecule has 1 heterocycles. The summed E-state index contributed by atoms with van der Waals surface area (Å²) in [5.41, 5.74) is 0.900. The molecule has 1 aliphatic rings. The number of carbonyl (C=O) groups is 1. The largest absolute Gasteiger partial charge is 0.388 e. The number of carbonyl (C=O) groups excluding carboxylic acids is 1. The van der Waals surface area contributed by atoms with Gasteiger partial charge in [0.2, 0.25) is 0 Å². The minimum Gasteiger partial charge on any atom is -0.388 e. The van der Waals surface area contributed by atoms with Gasteiger partial charge < -0.3 is 10.4 Å². The van der Waals surface area contributed by atoms with E-state index in [1.165, 1.54) is 0 Å². The Morgan fingerprint density at radius 1 is 1.50 bits per heavy atom. The zero-order chi connectivity index (χ0) is 13.0. The van der Waals surface area contributed by atoms with Gasteiger partial charge in [0, 0.05) is 24.5 Å². The standard InChI is InChI=1S/C14H20N2O2/c1-2-11-9-15-8-5-12(11)13(17)16-10-14(18)6-3-4-7-14/h5,8-9,18H,2-4,6-7,10H2,1H3,(H,16,17). The second-order valence-corrected chi connectivity index (χ2v) is 5.00. The highest BCUT2D eigenvalue weighted by molar-refractivity contribution is 5.95. The van der Waals surface area contributed by atoms with Crippen molar-refractivity contribution in [1.82, 2.24) is 10.3 Å². The summed E-state index contributed by atoms with van der Waals surface area (Å²) in [5.74, 6) is -0.116. The second kappa shape index (κ2) is 5.48. The lowest BCUT2D eigenvalue weighted by Crippen LogP contribution is -2.41. The van der Waals surface area contributed by atoms with Gasteiger partial charge in [-0.1, -0.05) is 19.8 Å². The summed E-state index contributed by atoms with van der Waals surface area (Å²) < 4.78 is 0. The zero-order valence-electron chi connectivity index (χ0n) is 10.8. The van der Waals surface area contributed by atoms with Gasteiger partial charge in [-0.2, -0.15) is 0 Å². The molecule has 1 aromatic rings. The van der Waals surface area contributed by atoms with E-state index < -0.39 is 5.60 Å². The summed E-state index contributed by atoms with van der Waals surface area (Å²) in [5, 5.41) is 13.0. The number of aliphatic hydroxyl groups is 1. The van der Waals surface area contributed by atoms with Gasteiger partial charge >= 0.3 is 0 Å². The van der Waals surface area contributed by atoms with E-state index in [1.54, 1.807) is 18.5 Å². The average Bonchev–Trinajstić information content (AvgIpc) is 2.83. The number of pyridine rings is 1. The van der Waals surface area contributed by atoms with Crippen molar-refractivity contribution in [3.05, 3.63) is 29.6 Å². The molecule has 0 spiro atoms. The number of rotatable bonds is 4. The molecular formula is C14H20N2O2. The first-order valence-corrected chi connectivity index (χ1v) is 6.58. The minimum atomic E-state index is -0.699. The van der Waals surface area contributed by atoms with E-state index in [-0.39, 0.29) is 5.91 Å². The number of amides is 1. The van der Waals surface area contributed by atoms with Crippen LogP contribution in [0.15, 0.2) is 18.5 Å². The fraction of sp³-hybridized carbons (Fsp3) is 0.571. The highest BCUT2D eigenvalue weighted by Crippen LogP contribution is 2.28. The van der Waals surface area contributed by atoms with Gasteiger partial charge in [-0.3, -0.25) is 9.78 Å². The molecule has 1 aliphatic carbocycles. The SMILES string of the molecule is CCc1cnccc1C(=O)NCC1(O)CCCC1. The third kappa shape index (κ3) is 2.88. The summed E-state index contributed by atoms with van der Waals surface area (Å²) in [4.78, 5) is 16.1. The van der Waals surface area contributed by atoms with Crippen LogP contribution in [0.1, 0.15) is 48.5 Å². The Kier molecular flexibility index (Phi) is 3.97. The molecular weight excluding hydrogens is 228 g/mol. The lowest BCUT2D eigenvalue weighted by atomic mass is 10.0. The Balaban J connectivity index is 1.99. The number of hydrogen-bond acceptors (Lipinski definition) is 3. The topological polar surface area (TPSA) is 62.2 Å². The van der Waals surface area contributed by atoms with Gasteiger partial charge in [0.15, 0.2) is 0 Å². The quantitative estimate of drug-likeness (QED) is 0.852.